The van der Waals surface area contributed by atoms with Gasteiger partial charge in [0.2, 0.25) is 0 Å². The van der Waals surface area contributed by atoms with Crippen LogP contribution in [0.25, 0.3) is 21.7 Å². The highest BCUT2D eigenvalue weighted by Gasteiger charge is 2.19. The lowest BCUT2D eigenvalue weighted by molar-refractivity contribution is 0.712. The predicted molar refractivity (Wildman–Crippen MR) is 113 cm³/mol. The lowest BCUT2D eigenvalue weighted by atomic mass is 10.1. The molecule has 27 heavy (non-hydrogen) atoms. The van der Waals surface area contributed by atoms with Crippen LogP contribution in [-0.2, 0) is 12.8 Å². The molecule has 0 aliphatic heterocycles. The monoisotopic (exact) mass is 369 g/mol. The number of benzene rings is 2. The summed E-state index contributed by atoms with van der Waals surface area (Å²) in [4.78, 5) is 9.50. The van der Waals surface area contributed by atoms with Gasteiger partial charge in [-0.05, 0) is 36.6 Å². The topological polar surface area (TPSA) is 51.9 Å². The molecule has 0 spiro atoms. The first-order valence-corrected chi connectivity index (χ1v) is 10.2. The molecule has 0 bridgehead atoms. The van der Waals surface area contributed by atoms with Crippen molar-refractivity contribution in [3.05, 3.63) is 64.2 Å². The van der Waals surface area contributed by atoms with Crippen LogP contribution in [0.3, 0.4) is 0 Å². The van der Waals surface area contributed by atoms with Crippen LogP contribution in [0.2, 0.25) is 0 Å². The molecule has 0 unspecified atom stereocenters. The Labute approximate surface area is 162 Å². The van der Waals surface area contributed by atoms with E-state index in [1.807, 2.05) is 12.4 Å². The number of nitrogens with zero attached hydrogens (tertiary/aromatic N) is 2. The number of thiophene rings is 1. The second kappa shape index (κ2) is 6.68. The molecule has 3 nitrogen and oxygen atoms in total. The van der Waals surface area contributed by atoms with Crippen LogP contribution in [-0.4, -0.2) is 11.2 Å². The van der Waals surface area contributed by atoms with Gasteiger partial charge >= 0.3 is 0 Å². The van der Waals surface area contributed by atoms with E-state index in [4.69, 9.17) is 4.99 Å². The Balaban J connectivity index is 1.57. The first kappa shape index (κ1) is 16.3. The molecule has 0 saturated carbocycles. The Morgan fingerprint density at radius 3 is 2.85 bits per heavy atom. The molecule has 2 aromatic heterocycles. The highest BCUT2D eigenvalue weighted by atomic mass is 32.1. The zero-order chi connectivity index (χ0) is 18.2. The molecule has 4 aromatic rings. The van der Waals surface area contributed by atoms with Crippen LogP contribution in [0, 0.1) is 11.3 Å². The molecule has 0 atom stereocenters. The zero-order valence-electron chi connectivity index (χ0n) is 15.0. The first-order valence-electron chi connectivity index (χ1n) is 9.42. The number of H-pyrrole nitrogens is 1. The molecule has 0 radical (unpaired) electrons. The van der Waals surface area contributed by atoms with Crippen LogP contribution in [0.5, 0.6) is 0 Å². The van der Waals surface area contributed by atoms with E-state index in [2.05, 4.69) is 47.5 Å². The number of hydrogen-bond donors (Lipinski definition) is 1. The first-order chi connectivity index (χ1) is 13.3. The third-order valence-electron chi connectivity index (χ3n) is 5.45. The summed E-state index contributed by atoms with van der Waals surface area (Å²) in [5.41, 5.74) is 4.23. The lowest BCUT2D eigenvalue weighted by Crippen LogP contribution is -1.87. The number of rotatable bonds is 2. The quantitative estimate of drug-likeness (QED) is 0.328. The average molecular weight is 369 g/mol. The third kappa shape index (κ3) is 2.75. The molecule has 1 aliphatic rings. The fraction of sp³-hybridized carbons (Fsp3) is 0.217. The van der Waals surface area contributed by atoms with Gasteiger partial charge in [0.1, 0.15) is 11.1 Å². The van der Waals surface area contributed by atoms with Crippen LogP contribution < -0.4 is 0 Å². The number of aromatic nitrogens is 1. The Morgan fingerprint density at radius 1 is 1.04 bits per heavy atom. The van der Waals surface area contributed by atoms with Crippen molar-refractivity contribution in [1.29, 1.82) is 5.26 Å². The van der Waals surface area contributed by atoms with E-state index in [0.29, 0.717) is 0 Å². The van der Waals surface area contributed by atoms with Crippen LogP contribution in [0.15, 0.2) is 47.6 Å². The van der Waals surface area contributed by atoms with Gasteiger partial charge in [-0.15, -0.1) is 11.3 Å². The van der Waals surface area contributed by atoms with Crippen molar-refractivity contribution in [3.63, 3.8) is 0 Å². The highest BCUT2D eigenvalue weighted by molar-refractivity contribution is 7.16. The highest BCUT2D eigenvalue weighted by Crippen LogP contribution is 2.39. The largest absolute Gasteiger partial charge is 0.360 e. The molecule has 0 saturated heterocycles. The Morgan fingerprint density at radius 2 is 1.93 bits per heavy atom. The summed E-state index contributed by atoms with van der Waals surface area (Å²) >= 11 is 1.70. The van der Waals surface area contributed by atoms with E-state index >= 15 is 0 Å². The van der Waals surface area contributed by atoms with Crippen LogP contribution in [0.1, 0.15) is 40.8 Å². The minimum atomic E-state index is 0.790. The number of aliphatic imine (C=N–C) groups is 1. The minimum absolute atomic E-state index is 0.790. The number of nitriles is 1. The zero-order valence-corrected chi connectivity index (χ0v) is 15.8. The summed E-state index contributed by atoms with van der Waals surface area (Å²) in [7, 11) is 0. The smallest absolute Gasteiger partial charge is 0.134 e. The lowest BCUT2D eigenvalue weighted by Gasteiger charge is -1.99. The molecule has 132 valence electrons. The number of aromatic amines is 1. The summed E-state index contributed by atoms with van der Waals surface area (Å²) in [5, 5.41) is 14.1. The van der Waals surface area contributed by atoms with Gasteiger partial charge in [-0.1, -0.05) is 42.8 Å². The third-order valence-corrected chi connectivity index (χ3v) is 6.65. The van der Waals surface area contributed by atoms with Gasteiger partial charge in [0.15, 0.2) is 0 Å². The van der Waals surface area contributed by atoms with E-state index in [0.717, 1.165) is 39.9 Å². The predicted octanol–water partition coefficient (Wildman–Crippen LogP) is 6.27. The maximum atomic E-state index is 9.68. The van der Waals surface area contributed by atoms with Crippen molar-refractivity contribution < 1.29 is 0 Å². The second-order valence-corrected chi connectivity index (χ2v) is 8.15. The minimum Gasteiger partial charge on any atom is -0.360 e. The van der Waals surface area contributed by atoms with Crippen LogP contribution >= 0.6 is 11.3 Å². The van der Waals surface area contributed by atoms with Crippen molar-refractivity contribution >= 4 is 44.2 Å². The average Bonchev–Trinajstić information content (AvgIpc) is 3.19. The number of aryl methyl sites for hydroxylation is 1. The van der Waals surface area contributed by atoms with Gasteiger partial charge < -0.3 is 4.98 Å². The van der Waals surface area contributed by atoms with Crippen molar-refractivity contribution in [1.82, 2.24) is 4.98 Å². The standard InChI is InChI=1S/C23H19N3S/c24-12-20-19-8-2-1-3-9-21(19)27-23(20)26-14-16-13-25-22-17-7-5-4-6-15(17)10-11-18(16)22/h4-7,10-11,13-14,25H,1-3,8-9H2/b26-14+. The van der Waals surface area contributed by atoms with Crippen LogP contribution in [0.4, 0.5) is 5.00 Å². The molecule has 1 aliphatic carbocycles. The van der Waals surface area contributed by atoms with E-state index in [-0.39, 0.29) is 0 Å². The molecule has 1 N–H and O–H groups in total. The molecular weight excluding hydrogens is 350 g/mol. The van der Waals surface area contributed by atoms with E-state index in [1.165, 1.54) is 40.5 Å². The summed E-state index contributed by atoms with van der Waals surface area (Å²) in [5.74, 6) is 0. The maximum absolute atomic E-state index is 9.68. The normalized spacial score (nSPS) is 14.5. The number of nitrogens with one attached hydrogen (secondary N) is 1. The fourth-order valence-electron chi connectivity index (χ4n) is 4.06. The van der Waals surface area contributed by atoms with Gasteiger partial charge in [-0.2, -0.15) is 5.26 Å². The molecule has 4 heteroatoms. The van der Waals surface area contributed by atoms with E-state index in [1.54, 1.807) is 11.3 Å². The number of fused-ring (bicyclic) bond motifs is 4. The van der Waals surface area contributed by atoms with Crippen molar-refractivity contribution in [3.8, 4) is 6.07 Å². The van der Waals surface area contributed by atoms with Gasteiger partial charge in [-0.3, -0.25) is 0 Å². The Kier molecular flexibility index (Phi) is 4.03. The van der Waals surface area contributed by atoms with Gasteiger partial charge in [0.05, 0.1) is 11.1 Å². The van der Waals surface area contributed by atoms with E-state index < -0.39 is 0 Å². The summed E-state index contributed by atoms with van der Waals surface area (Å²) in [6.07, 6.45) is 9.67. The van der Waals surface area contributed by atoms with E-state index in [9.17, 15) is 5.26 Å². The van der Waals surface area contributed by atoms with Gasteiger partial charge in [0.25, 0.3) is 0 Å². The van der Waals surface area contributed by atoms with Crippen molar-refractivity contribution in [2.24, 2.45) is 4.99 Å². The maximum Gasteiger partial charge on any atom is 0.134 e. The molecule has 2 aromatic carbocycles. The molecular formula is C23H19N3S. The van der Waals surface area contributed by atoms with Gasteiger partial charge in [-0.25, -0.2) is 4.99 Å². The molecule has 2 heterocycles. The summed E-state index contributed by atoms with van der Waals surface area (Å²) in [6, 6.07) is 15.1. The molecule has 0 amide bonds. The Bertz CT molecular complexity index is 1220. The molecule has 0 fully saturated rings. The van der Waals surface area contributed by atoms with Crippen molar-refractivity contribution in [2.75, 3.05) is 0 Å². The Hall–Kier alpha value is -2.90. The second-order valence-electron chi connectivity index (χ2n) is 7.07. The number of hydrogen-bond acceptors (Lipinski definition) is 3. The summed E-state index contributed by atoms with van der Waals surface area (Å²) < 4.78 is 0. The SMILES string of the molecule is N#Cc1c(/N=C/c2c[nH]c3c2ccc2ccccc23)sc2c1CCCCC2. The molecule has 5 rings (SSSR count). The summed E-state index contributed by atoms with van der Waals surface area (Å²) in [6.45, 7) is 0. The van der Waals surface area contributed by atoms with Gasteiger partial charge in [0, 0.05) is 33.6 Å². The van der Waals surface area contributed by atoms with Crippen molar-refractivity contribution in [2.45, 2.75) is 32.1 Å². The fourth-order valence-corrected chi connectivity index (χ4v) is 5.25.